The SMILES string of the molecule is Cc1cc(C(=O)NCCCN2CCC[C@@H](CO)C2)c2ccc(Cl)cc2n1. The summed E-state index contributed by atoms with van der Waals surface area (Å²) >= 11 is 6.04. The van der Waals surface area contributed by atoms with E-state index in [-0.39, 0.29) is 12.5 Å². The zero-order valence-corrected chi connectivity index (χ0v) is 15.9. The van der Waals surface area contributed by atoms with Crippen LogP contribution in [-0.2, 0) is 0 Å². The molecule has 0 bridgehead atoms. The number of aliphatic hydroxyl groups is 1. The van der Waals surface area contributed by atoms with Gasteiger partial charge in [0.25, 0.3) is 5.91 Å². The number of piperidine rings is 1. The van der Waals surface area contributed by atoms with E-state index in [2.05, 4.69) is 15.2 Å². The van der Waals surface area contributed by atoms with Gasteiger partial charge >= 0.3 is 0 Å². The van der Waals surface area contributed by atoms with Gasteiger partial charge in [0, 0.05) is 35.8 Å². The molecule has 0 aliphatic carbocycles. The third-order valence-corrected chi connectivity index (χ3v) is 5.18. The maximum atomic E-state index is 12.6. The Balaban J connectivity index is 1.56. The fourth-order valence-electron chi connectivity index (χ4n) is 3.63. The van der Waals surface area contributed by atoms with Crippen LogP contribution in [0.1, 0.15) is 35.3 Å². The maximum absolute atomic E-state index is 12.6. The number of benzene rings is 1. The normalized spacial score (nSPS) is 18.2. The average Bonchev–Trinajstić information content (AvgIpc) is 2.64. The molecule has 1 aliphatic rings. The van der Waals surface area contributed by atoms with Gasteiger partial charge in [0.1, 0.15) is 0 Å². The number of carbonyl (C=O) groups is 1. The molecule has 140 valence electrons. The Morgan fingerprint density at radius 1 is 1.42 bits per heavy atom. The summed E-state index contributed by atoms with van der Waals surface area (Å²) in [5.74, 6) is 0.325. The summed E-state index contributed by atoms with van der Waals surface area (Å²) in [6.07, 6.45) is 3.16. The highest BCUT2D eigenvalue weighted by Crippen LogP contribution is 2.22. The van der Waals surface area contributed by atoms with E-state index < -0.39 is 0 Å². The molecule has 0 radical (unpaired) electrons. The molecule has 1 saturated heterocycles. The number of halogens is 1. The number of carbonyl (C=O) groups excluding carboxylic acids is 1. The highest BCUT2D eigenvalue weighted by Gasteiger charge is 2.18. The molecule has 26 heavy (non-hydrogen) atoms. The Morgan fingerprint density at radius 2 is 2.27 bits per heavy atom. The van der Waals surface area contributed by atoms with E-state index in [1.165, 1.54) is 0 Å². The Bertz CT molecular complexity index is 776. The van der Waals surface area contributed by atoms with Crippen LogP contribution in [0.2, 0.25) is 5.02 Å². The van der Waals surface area contributed by atoms with E-state index in [0.29, 0.717) is 23.0 Å². The minimum Gasteiger partial charge on any atom is -0.396 e. The van der Waals surface area contributed by atoms with Crippen LogP contribution in [0.25, 0.3) is 10.9 Å². The molecule has 3 rings (SSSR count). The van der Waals surface area contributed by atoms with Crippen LogP contribution in [-0.4, -0.2) is 53.7 Å². The molecule has 1 aliphatic heterocycles. The number of nitrogens with one attached hydrogen (secondary N) is 1. The molecule has 1 aromatic heterocycles. The first-order valence-corrected chi connectivity index (χ1v) is 9.63. The molecule has 0 saturated carbocycles. The summed E-state index contributed by atoms with van der Waals surface area (Å²) in [6.45, 7) is 5.77. The number of likely N-dealkylation sites (tertiary alicyclic amines) is 1. The van der Waals surface area contributed by atoms with Crippen molar-refractivity contribution in [3.8, 4) is 0 Å². The number of aryl methyl sites for hydroxylation is 1. The van der Waals surface area contributed by atoms with Gasteiger partial charge in [-0.1, -0.05) is 17.7 Å². The molecule has 0 unspecified atom stereocenters. The summed E-state index contributed by atoms with van der Waals surface area (Å²) in [7, 11) is 0. The number of nitrogens with zero attached hydrogens (tertiary/aromatic N) is 2. The quantitative estimate of drug-likeness (QED) is 0.762. The first kappa shape index (κ1) is 19.1. The monoisotopic (exact) mass is 375 g/mol. The molecule has 0 spiro atoms. The third kappa shape index (κ3) is 4.72. The predicted molar refractivity (Wildman–Crippen MR) is 105 cm³/mol. The van der Waals surface area contributed by atoms with Crippen molar-refractivity contribution in [2.24, 2.45) is 5.92 Å². The summed E-state index contributed by atoms with van der Waals surface area (Å²) < 4.78 is 0. The van der Waals surface area contributed by atoms with Crippen molar-refractivity contribution in [3.05, 3.63) is 40.5 Å². The lowest BCUT2D eigenvalue weighted by molar-refractivity contribution is 0.0948. The number of hydrogen-bond acceptors (Lipinski definition) is 4. The van der Waals surface area contributed by atoms with E-state index in [9.17, 15) is 9.90 Å². The second-order valence-electron chi connectivity index (χ2n) is 7.07. The van der Waals surface area contributed by atoms with Crippen molar-refractivity contribution in [1.82, 2.24) is 15.2 Å². The highest BCUT2D eigenvalue weighted by atomic mass is 35.5. The average molecular weight is 376 g/mol. The smallest absolute Gasteiger partial charge is 0.252 e. The Labute approximate surface area is 159 Å². The van der Waals surface area contributed by atoms with Crippen LogP contribution in [0, 0.1) is 12.8 Å². The Kier molecular flexibility index (Phi) is 6.46. The van der Waals surface area contributed by atoms with Crippen LogP contribution in [0.4, 0.5) is 0 Å². The van der Waals surface area contributed by atoms with Gasteiger partial charge < -0.3 is 15.3 Å². The standard InChI is InChI=1S/C20H26ClN3O2/c1-14-10-18(17-6-5-16(21)11-19(17)23-14)20(26)22-7-3-9-24-8-2-4-15(12-24)13-25/h5-6,10-11,15,25H,2-4,7-9,12-13H2,1H3,(H,22,26)/t15-/m1/s1. The summed E-state index contributed by atoms with van der Waals surface area (Å²) in [6, 6.07) is 7.24. The third-order valence-electron chi connectivity index (χ3n) is 4.94. The van der Waals surface area contributed by atoms with Crippen molar-refractivity contribution in [2.45, 2.75) is 26.2 Å². The lowest BCUT2D eigenvalue weighted by Gasteiger charge is -2.31. The number of aromatic nitrogens is 1. The number of amides is 1. The molecule has 1 atom stereocenters. The molecule has 2 heterocycles. The Morgan fingerprint density at radius 3 is 3.08 bits per heavy atom. The second-order valence-corrected chi connectivity index (χ2v) is 7.51. The second kappa shape index (κ2) is 8.80. The number of hydrogen-bond donors (Lipinski definition) is 2. The van der Waals surface area contributed by atoms with Crippen LogP contribution in [0.15, 0.2) is 24.3 Å². The van der Waals surface area contributed by atoms with Crippen LogP contribution >= 0.6 is 11.6 Å². The minimum absolute atomic E-state index is 0.0744. The van der Waals surface area contributed by atoms with Crippen molar-refractivity contribution in [3.63, 3.8) is 0 Å². The van der Waals surface area contributed by atoms with Crippen molar-refractivity contribution in [1.29, 1.82) is 0 Å². The van der Waals surface area contributed by atoms with E-state index in [1.54, 1.807) is 12.1 Å². The number of rotatable bonds is 6. The molecule has 1 amide bonds. The molecule has 1 fully saturated rings. The Hall–Kier alpha value is -1.69. The molecule has 5 nitrogen and oxygen atoms in total. The summed E-state index contributed by atoms with van der Waals surface area (Å²) in [5.41, 5.74) is 2.18. The van der Waals surface area contributed by atoms with E-state index in [0.717, 1.165) is 55.5 Å². The molecule has 6 heteroatoms. The van der Waals surface area contributed by atoms with Crippen molar-refractivity contribution in [2.75, 3.05) is 32.8 Å². The van der Waals surface area contributed by atoms with E-state index >= 15 is 0 Å². The fraction of sp³-hybridized carbons (Fsp3) is 0.500. The van der Waals surface area contributed by atoms with Crippen LogP contribution in [0.5, 0.6) is 0 Å². The van der Waals surface area contributed by atoms with Gasteiger partial charge in [0.2, 0.25) is 0 Å². The first-order chi connectivity index (χ1) is 12.6. The lowest BCUT2D eigenvalue weighted by Crippen LogP contribution is -2.38. The zero-order valence-electron chi connectivity index (χ0n) is 15.2. The number of aliphatic hydroxyl groups excluding tert-OH is 1. The van der Waals surface area contributed by atoms with Gasteiger partial charge in [0.05, 0.1) is 11.1 Å². The van der Waals surface area contributed by atoms with Crippen LogP contribution < -0.4 is 5.32 Å². The van der Waals surface area contributed by atoms with Crippen molar-refractivity contribution < 1.29 is 9.90 Å². The fourth-order valence-corrected chi connectivity index (χ4v) is 3.79. The topological polar surface area (TPSA) is 65.5 Å². The summed E-state index contributed by atoms with van der Waals surface area (Å²) in [5, 5.41) is 13.8. The summed E-state index contributed by atoms with van der Waals surface area (Å²) in [4.78, 5) is 19.5. The van der Waals surface area contributed by atoms with Gasteiger partial charge in [-0.3, -0.25) is 9.78 Å². The molecule has 1 aromatic carbocycles. The lowest BCUT2D eigenvalue weighted by atomic mass is 9.99. The minimum atomic E-state index is -0.0744. The van der Waals surface area contributed by atoms with E-state index in [4.69, 9.17) is 11.6 Å². The van der Waals surface area contributed by atoms with Gasteiger partial charge in [-0.05, 0) is 63.4 Å². The highest BCUT2D eigenvalue weighted by molar-refractivity contribution is 6.31. The van der Waals surface area contributed by atoms with Gasteiger partial charge in [-0.2, -0.15) is 0 Å². The number of pyridine rings is 1. The predicted octanol–water partition coefficient (Wildman–Crippen LogP) is 3.02. The molecular weight excluding hydrogens is 350 g/mol. The largest absolute Gasteiger partial charge is 0.396 e. The van der Waals surface area contributed by atoms with Crippen molar-refractivity contribution >= 4 is 28.4 Å². The zero-order chi connectivity index (χ0) is 18.5. The number of fused-ring (bicyclic) bond motifs is 1. The molecular formula is C20H26ClN3O2. The van der Waals surface area contributed by atoms with Gasteiger partial charge in [0.15, 0.2) is 0 Å². The molecule has 2 N–H and O–H groups in total. The first-order valence-electron chi connectivity index (χ1n) is 9.25. The van der Waals surface area contributed by atoms with Gasteiger partial charge in [-0.25, -0.2) is 0 Å². The van der Waals surface area contributed by atoms with E-state index in [1.807, 2.05) is 19.1 Å². The maximum Gasteiger partial charge on any atom is 0.252 e. The van der Waals surface area contributed by atoms with Crippen LogP contribution in [0.3, 0.4) is 0 Å². The molecule has 2 aromatic rings. The van der Waals surface area contributed by atoms with Gasteiger partial charge in [-0.15, -0.1) is 0 Å².